The number of halogens is 1. The van der Waals surface area contributed by atoms with Crippen molar-refractivity contribution in [2.75, 3.05) is 11.4 Å². The molecule has 0 fully saturated rings. The first-order valence-electron chi connectivity index (χ1n) is 8.50. The van der Waals surface area contributed by atoms with Crippen LogP contribution in [0.1, 0.15) is 18.4 Å². The van der Waals surface area contributed by atoms with Gasteiger partial charge in [-0.2, -0.15) is 5.10 Å². The van der Waals surface area contributed by atoms with Gasteiger partial charge in [0.2, 0.25) is 5.91 Å². The lowest BCUT2D eigenvalue weighted by Crippen LogP contribution is -2.36. The number of fused-ring (bicyclic) bond motifs is 2. The first-order valence-corrected chi connectivity index (χ1v) is 8.50. The van der Waals surface area contributed by atoms with Gasteiger partial charge in [0, 0.05) is 32.2 Å². The van der Waals surface area contributed by atoms with Crippen LogP contribution < -0.4 is 10.5 Å². The van der Waals surface area contributed by atoms with Crippen molar-refractivity contribution in [1.82, 2.24) is 19.3 Å². The molecule has 4 rings (SSSR count). The summed E-state index contributed by atoms with van der Waals surface area (Å²) in [5.41, 5.74) is 1.90. The predicted octanol–water partition coefficient (Wildman–Crippen LogP) is 1.64. The molecule has 0 atom stereocenters. The van der Waals surface area contributed by atoms with E-state index in [4.69, 9.17) is 0 Å². The minimum Gasteiger partial charge on any atom is -0.312 e. The van der Waals surface area contributed by atoms with Gasteiger partial charge < -0.3 is 4.90 Å². The van der Waals surface area contributed by atoms with Crippen LogP contribution in [0.3, 0.4) is 0 Å². The number of benzene rings is 1. The number of aryl methyl sites for hydroxylation is 3. The van der Waals surface area contributed by atoms with E-state index >= 15 is 0 Å². The van der Waals surface area contributed by atoms with E-state index in [0.717, 1.165) is 18.4 Å². The molecule has 2 aromatic heterocycles. The van der Waals surface area contributed by atoms with E-state index in [9.17, 15) is 14.0 Å². The van der Waals surface area contributed by atoms with Gasteiger partial charge in [-0.25, -0.2) is 9.37 Å². The monoisotopic (exact) mass is 355 g/mol. The number of carbonyl (C=O) groups excluding carboxylic acids is 1. The molecule has 1 amide bonds. The second kappa shape index (κ2) is 6.36. The van der Waals surface area contributed by atoms with Gasteiger partial charge in [-0.3, -0.25) is 18.8 Å². The van der Waals surface area contributed by atoms with E-state index in [2.05, 4.69) is 10.1 Å². The summed E-state index contributed by atoms with van der Waals surface area (Å²) in [4.78, 5) is 31.0. The molecule has 0 N–H and O–H groups in total. The molecule has 0 saturated heterocycles. The fraction of sp³-hybridized carbons (Fsp3) is 0.333. The highest BCUT2D eigenvalue weighted by atomic mass is 19.1. The molecule has 134 valence electrons. The molecular weight excluding hydrogens is 337 g/mol. The Kier molecular flexibility index (Phi) is 4.02. The Labute approximate surface area is 148 Å². The molecule has 0 unspecified atom stereocenters. The third kappa shape index (κ3) is 2.77. The van der Waals surface area contributed by atoms with Crippen molar-refractivity contribution in [3.05, 3.63) is 52.5 Å². The van der Waals surface area contributed by atoms with Crippen LogP contribution in [0, 0.1) is 5.82 Å². The van der Waals surface area contributed by atoms with Gasteiger partial charge in [0.05, 0.1) is 12.5 Å². The quantitative estimate of drug-likeness (QED) is 0.716. The van der Waals surface area contributed by atoms with E-state index in [1.54, 1.807) is 18.0 Å². The molecule has 1 aliphatic rings. The van der Waals surface area contributed by atoms with Crippen LogP contribution in [0.25, 0.3) is 11.0 Å². The number of rotatable bonds is 3. The van der Waals surface area contributed by atoms with Crippen molar-refractivity contribution in [2.45, 2.75) is 25.8 Å². The van der Waals surface area contributed by atoms with Crippen LogP contribution in [-0.4, -0.2) is 31.8 Å². The second-order valence-corrected chi connectivity index (χ2v) is 6.42. The number of aromatic nitrogens is 4. The van der Waals surface area contributed by atoms with Gasteiger partial charge in [0.15, 0.2) is 5.65 Å². The lowest BCUT2D eigenvalue weighted by molar-refractivity contribution is -0.118. The average Bonchev–Trinajstić information content (AvgIpc) is 3.02. The van der Waals surface area contributed by atoms with E-state index in [1.807, 2.05) is 0 Å². The van der Waals surface area contributed by atoms with Crippen LogP contribution in [0.2, 0.25) is 0 Å². The summed E-state index contributed by atoms with van der Waals surface area (Å²) < 4.78 is 16.5. The normalized spacial score (nSPS) is 13.8. The summed E-state index contributed by atoms with van der Waals surface area (Å²) >= 11 is 0. The summed E-state index contributed by atoms with van der Waals surface area (Å²) in [6, 6.07) is 4.55. The van der Waals surface area contributed by atoms with Crippen molar-refractivity contribution in [3.8, 4) is 0 Å². The van der Waals surface area contributed by atoms with E-state index in [1.165, 1.54) is 33.9 Å². The minimum absolute atomic E-state index is 0.130. The summed E-state index contributed by atoms with van der Waals surface area (Å²) in [5.74, 6) is -0.486. The van der Waals surface area contributed by atoms with Gasteiger partial charge in [0.25, 0.3) is 5.56 Å². The highest BCUT2D eigenvalue weighted by Crippen LogP contribution is 2.28. The molecular formula is C18H18FN5O2. The lowest BCUT2D eigenvalue weighted by Gasteiger charge is -2.29. The summed E-state index contributed by atoms with van der Waals surface area (Å²) in [6.07, 6.45) is 4.73. The molecule has 1 aliphatic heterocycles. The molecule has 0 saturated carbocycles. The largest absolute Gasteiger partial charge is 0.312 e. The number of carbonyl (C=O) groups is 1. The molecule has 1 aromatic carbocycles. The first-order chi connectivity index (χ1) is 12.5. The fourth-order valence-electron chi connectivity index (χ4n) is 3.38. The van der Waals surface area contributed by atoms with Crippen molar-refractivity contribution in [3.63, 3.8) is 0 Å². The minimum atomic E-state index is -0.356. The standard InChI is InChI=1S/C18H18FN5O2/c1-22-17-14(10-21-22)18(26)23(11-20-17)8-6-16(25)24-7-2-3-12-4-5-13(19)9-15(12)24/h4-5,9-11H,2-3,6-8H2,1H3. The van der Waals surface area contributed by atoms with Gasteiger partial charge in [0.1, 0.15) is 11.2 Å². The molecule has 3 heterocycles. The third-order valence-corrected chi connectivity index (χ3v) is 4.75. The number of amides is 1. The van der Waals surface area contributed by atoms with Gasteiger partial charge >= 0.3 is 0 Å². The molecule has 3 aromatic rings. The molecule has 8 heteroatoms. The molecule has 0 aliphatic carbocycles. The highest BCUT2D eigenvalue weighted by Gasteiger charge is 2.23. The van der Waals surface area contributed by atoms with Crippen molar-refractivity contribution in [2.24, 2.45) is 7.05 Å². The number of anilines is 1. The van der Waals surface area contributed by atoms with Gasteiger partial charge in [-0.15, -0.1) is 0 Å². The number of hydrogen-bond donors (Lipinski definition) is 0. The number of hydrogen-bond acceptors (Lipinski definition) is 4. The van der Waals surface area contributed by atoms with E-state index in [-0.39, 0.29) is 30.2 Å². The lowest BCUT2D eigenvalue weighted by atomic mass is 10.0. The van der Waals surface area contributed by atoms with Crippen molar-refractivity contribution < 1.29 is 9.18 Å². The molecule has 0 spiro atoms. The molecule has 26 heavy (non-hydrogen) atoms. The topological polar surface area (TPSA) is 73.0 Å². The van der Waals surface area contributed by atoms with Crippen LogP contribution in [0.15, 0.2) is 35.5 Å². The Balaban J connectivity index is 1.54. The second-order valence-electron chi connectivity index (χ2n) is 6.42. The maximum atomic E-state index is 13.6. The summed E-state index contributed by atoms with van der Waals surface area (Å²) in [6.45, 7) is 0.778. The Morgan fingerprint density at radius 2 is 2.19 bits per heavy atom. The van der Waals surface area contributed by atoms with Gasteiger partial charge in [-0.1, -0.05) is 6.07 Å². The maximum absolute atomic E-state index is 13.6. The SMILES string of the molecule is Cn1ncc2c(=O)n(CCC(=O)N3CCCc4ccc(F)cc43)cnc21. The Morgan fingerprint density at radius 3 is 3.04 bits per heavy atom. The zero-order valence-electron chi connectivity index (χ0n) is 14.4. The van der Waals surface area contributed by atoms with Crippen LogP contribution in [0.4, 0.5) is 10.1 Å². The maximum Gasteiger partial charge on any atom is 0.264 e. The fourth-order valence-corrected chi connectivity index (χ4v) is 3.38. The Morgan fingerprint density at radius 1 is 1.35 bits per heavy atom. The smallest absolute Gasteiger partial charge is 0.264 e. The van der Waals surface area contributed by atoms with Crippen LogP contribution >= 0.6 is 0 Å². The highest BCUT2D eigenvalue weighted by molar-refractivity contribution is 5.94. The van der Waals surface area contributed by atoms with E-state index in [0.29, 0.717) is 23.3 Å². The van der Waals surface area contributed by atoms with Crippen LogP contribution in [-0.2, 0) is 24.8 Å². The van der Waals surface area contributed by atoms with Gasteiger partial charge in [-0.05, 0) is 30.5 Å². The van der Waals surface area contributed by atoms with Crippen LogP contribution in [0.5, 0.6) is 0 Å². The Bertz CT molecular complexity index is 1060. The van der Waals surface area contributed by atoms with Crippen molar-refractivity contribution in [1.29, 1.82) is 0 Å². The molecule has 0 bridgehead atoms. The Hall–Kier alpha value is -3.03. The third-order valence-electron chi connectivity index (χ3n) is 4.75. The molecule has 0 radical (unpaired) electrons. The van der Waals surface area contributed by atoms with E-state index < -0.39 is 0 Å². The average molecular weight is 355 g/mol. The first kappa shape index (κ1) is 16.4. The predicted molar refractivity (Wildman–Crippen MR) is 94.5 cm³/mol. The zero-order valence-corrected chi connectivity index (χ0v) is 14.4. The summed E-state index contributed by atoms with van der Waals surface area (Å²) in [5, 5.41) is 4.45. The number of nitrogens with zero attached hydrogens (tertiary/aromatic N) is 5. The van der Waals surface area contributed by atoms with Crippen molar-refractivity contribution >= 4 is 22.6 Å². The molecule has 7 nitrogen and oxygen atoms in total. The zero-order chi connectivity index (χ0) is 18.3. The summed E-state index contributed by atoms with van der Waals surface area (Å²) in [7, 11) is 1.72.